The van der Waals surface area contributed by atoms with Crippen molar-refractivity contribution in [2.24, 2.45) is 0 Å². The number of fused-ring (bicyclic) bond motifs is 1. The van der Waals surface area contributed by atoms with Gasteiger partial charge in [0.05, 0.1) is 5.41 Å². The molecule has 0 spiro atoms. The van der Waals surface area contributed by atoms with Crippen LogP contribution in [0.2, 0.25) is 0 Å². The van der Waals surface area contributed by atoms with Crippen LogP contribution in [0.5, 0.6) is 0 Å². The molecule has 0 atom stereocenters. The Morgan fingerprint density at radius 2 is 1.95 bits per heavy atom. The first-order valence-electron chi connectivity index (χ1n) is 8.14. The summed E-state index contributed by atoms with van der Waals surface area (Å²) in [6.45, 7) is 4.68. The first kappa shape index (κ1) is 14.4. The lowest BCUT2D eigenvalue weighted by Crippen LogP contribution is -2.35. The number of hydrogen-bond acceptors (Lipinski definition) is 2. The van der Waals surface area contributed by atoms with Crippen LogP contribution in [-0.2, 0) is 16.6 Å². The number of carboxylic acids is 1. The largest absolute Gasteiger partial charge is 0.481 e. The van der Waals surface area contributed by atoms with Crippen molar-refractivity contribution in [3.63, 3.8) is 0 Å². The van der Waals surface area contributed by atoms with E-state index in [4.69, 9.17) is 0 Å². The van der Waals surface area contributed by atoms with E-state index in [1.807, 2.05) is 26.0 Å². The summed E-state index contributed by atoms with van der Waals surface area (Å²) in [5.74, 6) is -0.744. The Morgan fingerprint density at radius 3 is 2.62 bits per heavy atom. The maximum atomic E-state index is 11.6. The fourth-order valence-corrected chi connectivity index (χ4v) is 3.93. The Bertz CT molecular complexity index is 544. The standard InChI is InChI=1S/C18H25NO2/c1-18(2,17(20)21)15-9-6-10-16-14(15)11-12-19(16)13-7-4-3-5-8-13/h6,9-10,13H,3-5,7-8,11-12H2,1-2H3,(H,20,21). The zero-order valence-electron chi connectivity index (χ0n) is 13.1. The van der Waals surface area contributed by atoms with Crippen molar-refractivity contribution in [2.75, 3.05) is 11.4 Å². The lowest BCUT2D eigenvalue weighted by atomic mass is 9.81. The van der Waals surface area contributed by atoms with E-state index in [-0.39, 0.29) is 0 Å². The van der Waals surface area contributed by atoms with Gasteiger partial charge in [-0.1, -0.05) is 31.4 Å². The van der Waals surface area contributed by atoms with Crippen LogP contribution >= 0.6 is 0 Å². The summed E-state index contributed by atoms with van der Waals surface area (Å²) in [6.07, 6.45) is 7.58. The van der Waals surface area contributed by atoms with Gasteiger partial charge in [-0.05, 0) is 50.3 Å². The lowest BCUT2D eigenvalue weighted by molar-refractivity contribution is -0.142. The second-order valence-corrected chi connectivity index (χ2v) is 6.97. The van der Waals surface area contributed by atoms with Gasteiger partial charge in [0.1, 0.15) is 0 Å². The molecule has 2 aliphatic rings. The molecule has 1 fully saturated rings. The molecule has 1 heterocycles. The van der Waals surface area contributed by atoms with Crippen molar-refractivity contribution in [3.05, 3.63) is 29.3 Å². The number of carbonyl (C=O) groups is 1. The van der Waals surface area contributed by atoms with Crippen LogP contribution in [0.15, 0.2) is 18.2 Å². The molecule has 3 rings (SSSR count). The molecule has 3 heteroatoms. The summed E-state index contributed by atoms with van der Waals surface area (Å²) in [7, 11) is 0. The van der Waals surface area contributed by atoms with Crippen LogP contribution in [0.1, 0.15) is 57.1 Å². The number of nitrogens with zero attached hydrogens (tertiary/aromatic N) is 1. The van der Waals surface area contributed by atoms with Gasteiger partial charge in [-0.25, -0.2) is 0 Å². The molecule has 1 aromatic rings. The first-order valence-corrected chi connectivity index (χ1v) is 8.14. The van der Waals surface area contributed by atoms with Gasteiger partial charge < -0.3 is 10.0 Å². The third-order valence-corrected chi connectivity index (χ3v) is 5.29. The number of anilines is 1. The molecule has 0 radical (unpaired) electrons. The Hall–Kier alpha value is -1.51. The van der Waals surface area contributed by atoms with E-state index in [1.165, 1.54) is 43.4 Å². The second kappa shape index (κ2) is 5.36. The van der Waals surface area contributed by atoms with E-state index in [1.54, 1.807) is 0 Å². The third kappa shape index (κ3) is 2.43. The van der Waals surface area contributed by atoms with Gasteiger partial charge in [0.15, 0.2) is 0 Å². The van der Waals surface area contributed by atoms with Gasteiger partial charge in [0.25, 0.3) is 0 Å². The van der Waals surface area contributed by atoms with Crippen LogP contribution in [0.25, 0.3) is 0 Å². The van der Waals surface area contributed by atoms with E-state index in [2.05, 4.69) is 11.0 Å². The molecule has 1 aliphatic carbocycles. The zero-order chi connectivity index (χ0) is 15.0. The highest BCUT2D eigenvalue weighted by Crippen LogP contribution is 2.39. The summed E-state index contributed by atoms with van der Waals surface area (Å²) in [5.41, 5.74) is 2.73. The van der Waals surface area contributed by atoms with Gasteiger partial charge in [-0.15, -0.1) is 0 Å². The predicted octanol–water partition coefficient (Wildman–Crippen LogP) is 3.74. The number of rotatable bonds is 3. The van der Waals surface area contributed by atoms with Crippen molar-refractivity contribution in [1.82, 2.24) is 0 Å². The van der Waals surface area contributed by atoms with Gasteiger partial charge in [-0.2, -0.15) is 0 Å². The minimum absolute atomic E-state index is 0.656. The van der Waals surface area contributed by atoms with Crippen molar-refractivity contribution < 1.29 is 9.90 Å². The quantitative estimate of drug-likeness (QED) is 0.920. The molecule has 1 aliphatic heterocycles. The highest BCUT2D eigenvalue weighted by molar-refractivity contribution is 5.82. The number of hydrogen-bond donors (Lipinski definition) is 1. The molecule has 1 saturated carbocycles. The molecule has 21 heavy (non-hydrogen) atoms. The van der Waals surface area contributed by atoms with Crippen LogP contribution in [0, 0.1) is 0 Å². The molecule has 114 valence electrons. The Morgan fingerprint density at radius 1 is 1.24 bits per heavy atom. The number of benzene rings is 1. The van der Waals surface area contributed by atoms with Crippen LogP contribution in [0.3, 0.4) is 0 Å². The fourth-order valence-electron chi connectivity index (χ4n) is 3.93. The maximum Gasteiger partial charge on any atom is 0.313 e. The SMILES string of the molecule is CC(C)(C(=O)O)c1cccc2c1CCN2C1CCCCC1. The summed E-state index contributed by atoms with van der Waals surface area (Å²) >= 11 is 0. The highest BCUT2D eigenvalue weighted by Gasteiger charge is 2.36. The topological polar surface area (TPSA) is 40.5 Å². The van der Waals surface area contributed by atoms with Crippen molar-refractivity contribution >= 4 is 11.7 Å². The van der Waals surface area contributed by atoms with E-state index >= 15 is 0 Å². The summed E-state index contributed by atoms with van der Waals surface area (Å²) in [4.78, 5) is 14.1. The molecule has 0 aromatic heterocycles. The van der Waals surface area contributed by atoms with E-state index < -0.39 is 11.4 Å². The van der Waals surface area contributed by atoms with Crippen LogP contribution in [0.4, 0.5) is 5.69 Å². The summed E-state index contributed by atoms with van der Waals surface area (Å²) in [5, 5.41) is 9.53. The van der Waals surface area contributed by atoms with Crippen molar-refractivity contribution in [3.8, 4) is 0 Å². The number of aliphatic carboxylic acids is 1. The fraction of sp³-hybridized carbons (Fsp3) is 0.611. The average Bonchev–Trinajstić information content (AvgIpc) is 2.91. The normalized spacial score (nSPS) is 19.6. The van der Waals surface area contributed by atoms with Gasteiger partial charge in [-0.3, -0.25) is 4.79 Å². The molecule has 0 bridgehead atoms. The maximum absolute atomic E-state index is 11.6. The average molecular weight is 287 g/mol. The van der Waals surface area contributed by atoms with Gasteiger partial charge in [0, 0.05) is 18.3 Å². The molecule has 1 aromatic carbocycles. The van der Waals surface area contributed by atoms with E-state index in [9.17, 15) is 9.90 Å². The Balaban J connectivity index is 1.95. The molecular formula is C18H25NO2. The van der Waals surface area contributed by atoms with Gasteiger partial charge in [0.2, 0.25) is 0 Å². The first-order chi connectivity index (χ1) is 10.0. The zero-order valence-corrected chi connectivity index (χ0v) is 13.1. The molecule has 3 nitrogen and oxygen atoms in total. The van der Waals surface area contributed by atoms with Crippen LogP contribution < -0.4 is 4.90 Å². The second-order valence-electron chi connectivity index (χ2n) is 6.97. The highest BCUT2D eigenvalue weighted by atomic mass is 16.4. The Kier molecular flexibility index (Phi) is 3.68. The molecule has 0 amide bonds. The summed E-state index contributed by atoms with van der Waals surface area (Å²) < 4.78 is 0. The monoisotopic (exact) mass is 287 g/mol. The minimum Gasteiger partial charge on any atom is -0.481 e. The third-order valence-electron chi connectivity index (χ3n) is 5.29. The number of carboxylic acid groups (broad SMARTS) is 1. The predicted molar refractivity (Wildman–Crippen MR) is 85.0 cm³/mol. The van der Waals surface area contributed by atoms with Gasteiger partial charge >= 0.3 is 5.97 Å². The van der Waals surface area contributed by atoms with Crippen molar-refractivity contribution in [1.29, 1.82) is 0 Å². The molecule has 1 N–H and O–H groups in total. The summed E-state index contributed by atoms with van der Waals surface area (Å²) in [6, 6.07) is 6.86. The smallest absolute Gasteiger partial charge is 0.313 e. The molecule has 0 saturated heterocycles. The van der Waals surface area contributed by atoms with Crippen molar-refractivity contribution in [2.45, 2.75) is 63.8 Å². The molecule has 0 unspecified atom stereocenters. The molecular weight excluding hydrogens is 262 g/mol. The lowest BCUT2D eigenvalue weighted by Gasteiger charge is -2.33. The van der Waals surface area contributed by atoms with Crippen LogP contribution in [-0.4, -0.2) is 23.7 Å². The Labute approximate surface area is 127 Å². The van der Waals surface area contributed by atoms with E-state index in [0.29, 0.717) is 6.04 Å². The minimum atomic E-state index is -0.812. The van der Waals surface area contributed by atoms with E-state index in [0.717, 1.165) is 18.5 Å².